The fourth-order valence-corrected chi connectivity index (χ4v) is 1.59. The van der Waals surface area contributed by atoms with Crippen LogP contribution >= 0.6 is 0 Å². The van der Waals surface area contributed by atoms with Crippen LogP contribution in [-0.2, 0) is 23.8 Å². The summed E-state index contributed by atoms with van der Waals surface area (Å²) in [6, 6.07) is -1.11. The molecular formula is C10H17NO8. The van der Waals surface area contributed by atoms with Crippen molar-refractivity contribution in [1.29, 1.82) is 0 Å². The minimum absolute atomic E-state index is 0.298. The summed E-state index contributed by atoms with van der Waals surface area (Å²) in [6.45, 7) is 0.213. The number of aliphatic hydroxyl groups is 2. The molecule has 5 atom stereocenters. The van der Waals surface area contributed by atoms with Crippen LogP contribution in [0.3, 0.4) is 0 Å². The maximum absolute atomic E-state index is 10.7. The van der Waals surface area contributed by atoms with E-state index in [2.05, 4.69) is 4.74 Å². The topological polar surface area (TPSA) is 149 Å². The van der Waals surface area contributed by atoms with Gasteiger partial charge >= 0.3 is 11.9 Å². The molecule has 5 unspecified atom stereocenters. The third kappa shape index (κ3) is 4.40. The number of carbonyl (C=O) groups is 2. The highest BCUT2D eigenvalue weighted by atomic mass is 16.7. The molecule has 0 aromatic carbocycles. The van der Waals surface area contributed by atoms with Crippen LogP contribution in [0.1, 0.15) is 6.92 Å². The van der Waals surface area contributed by atoms with Crippen molar-refractivity contribution in [3.05, 3.63) is 0 Å². The molecule has 1 heterocycles. The zero-order valence-corrected chi connectivity index (χ0v) is 10.3. The average molecular weight is 279 g/mol. The highest BCUT2D eigenvalue weighted by Crippen LogP contribution is 2.21. The van der Waals surface area contributed by atoms with Gasteiger partial charge in [-0.15, -0.1) is 0 Å². The molecule has 0 amide bonds. The second kappa shape index (κ2) is 6.78. The number of nitrogens with two attached hydrogens (primary N) is 1. The number of carbonyl (C=O) groups excluding carboxylic acids is 1. The van der Waals surface area contributed by atoms with Crippen LogP contribution in [0.15, 0.2) is 0 Å². The molecule has 0 radical (unpaired) electrons. The lowest BCUT2D eigenvalue weighted by molar-refractivity contribution is -0.266. The zero-order valence-electron chi connectivity index (χ0n) is 10.3. The van der Waals surface area contributed by atoms with Gasteiger partial charge in [0.1, 0.15) is 31.5 Å². The van der Waals surface area contributed by atoms with E-state index >= 15 is 0 Å². The Bertz CT molecular complexity index is 305. The maximum Gasteiger partial charge on any atom is 0.329 e. The van der Waals surface area contributed by atoms with Gasteiger partial charge in [0.15, 0.2) is 6.29 Å². The molecule has 110 valence electrons. The molecule has 0 bridgehead atoms. The molecule has 0 spiro atoms. The summed E-state index contributed by atoms with van der Waals surface area (Å²) in [4.78, 5) is 21.1. The van der Waals surface area contributed by atoms with Crippen LogP contribution in [0.4, 0.5) is 0 Å². The van der Waals surface area contributed by atoms with Gasteiger partial charge in [-0.1, -0.05) is 0 Å². The summed E-state index contributed by atoms with van der Waals surface area (Å²) >= 11 is 0. The second-order valence-corrected chi connectivity index (χ2v) is 4.11. The van der Waals surface area contributed by atoms with Gasteiger partial charge in [-0.05, 0) is 0 Å². The third-order valence-corrected chi connectivity index (χ3v) is 2.57. The first-order valence-corrected chi connectivity index (χ1v) is 5.57. The third-order valence-electron chi connectivity index (χ3n) is 2.57. The fraction of sp³-hybridized carbons (Fsp3) is 0.800. The zero-order chi connectivity index (χ0) is 14.6. The first-order valence-electron chi connectivity index (χ1n) is 5.57. The minimum Gasteiger partial charge on any atom is -0.480 e. The normalized spacial score (nSPS) is 34.8. The summed E-state index contributed by atoms with van der Waals surface area (Å²) in [7, 11) is 0. The number of carboxylic acids is 1. The SMILES string of the molecule is CC(=O)OCC1OC(OCC(=O)O)C(N)C(O)C1O. The van der Waals surface area contributed by atoms with Gasteiger partial charge in [-0.3, -0.25) is 4.79 Å². The van der Waals surface area contributed by atoms with E-state index in [1.54, 1.807) is 0 Å². The number of hydrogen-bond acceptors (Lipinski definition) is 8. The van der Waals surface area contributed by atoms with Crippen molar-refractivity contribution >= 4 is 11.9 Å². The van der Waals surface area contributed by atoms with Crippen molar-refractivity contribution < 1.29 is 39.1 Å². The van der Waals surface area contributed by atoms with Crippen LogP contribution in [0.2, 0.25) is 0 Å². The molecule has 0 aromatic heterocycles. The lowest BCUT2D eigenvalue weighted by Crippen LogP contribution is -2.62. The van der Waals surface area contributed by atoms with Crippen molar-refractivity contribution in [2.24, 2.45) is 5.73 Å². The van der Waals surface area contributed by atoms with Gasteiger partial charge in [0.2, 0.25) is 0 Å². The van der Waals surface area contributed by atoms with E-state index in [0.717, 1.165) is 0 Å². The van der Waals surface area contributed by atoms with Crippen molar-refractivity contribution in [1.82, 2.24) is 0 Å². The molecule has 19 heavy (non-hydrogen) atoms. The van der Waals surface area contributed by atoms with E-state index in [4.69, 9.17) is 20.3 Å². The Labute approximate surface area is 108 Å². The Hall–Kier alpha value is -1.26. The Kier molecular flexibility index (Phi) is 5.63. The number of aliphatic hydroxyl groups excluding tert-OH is 2. The van der Waals surface area contributed by atoms with Crippen LogP contribution < -0.4 is 5.73 Å². The highest BCUT2D eigenvalue weighted by molar-refractivity contribution is 5.68. The molecule has 5 N–H and O–H groups in total. The number of ether oxygens (including phenoxy) is 3. The predicted octanol–water partition coefficient (Wildman–Crippen LogP) is -2.58. The van der Waals surface area contributed by atoms with Crippen molar-refractivity contribution in [3.8, 4) is 0 Å². The van der Waals surface area contributed by atoms with Crippen LogP contribution in [0.5, 0.6) is 0 Å². The van der Waals surface area contributed by atoms with Crippen LogP contribution in [0, 0.1) is 0 Å². The summed E-state index contributed by atoms with van der Waals surface area (Å²) < 4.78 is 14.7. The standard InChI is InChI=1S/C10H17NO8/c1-4(12)17-2-5-8(15)9(16)7(11)10(19-5)18-3-6(13)14/h5,7-10,15-16H,2-3,11H2,1H3,(H,13,14). The lowest BCUT2D eigenvalue weighted by atomic mass is 9.98. The van der Waals surface area contributed by atoms with E-state index in [9.17, 15) is 19.8 Å². The van der Waals surface area contributed by atoms with E-state index in [-0.39, 0.29) is 6.61 Å². The van der Waals surface area contributed by atoms with Crippen molar-refractivity contribution in [2.75, 3.05) is 13.2 Å². The number of rotatable bonds is 5. The molecule has 0 aromatic rings. The largest absolute Gasteiger partial charge is 0.480 e. The summed E-state index contributed by atoms with van der Waals surface area (Å²) in [5.41, 5.74) is 5.56. The Morgan fingerprint density at radius 2 is 1.95 bits per heavy atom. The molecule has 9 nitrogen and oxygen atoms in total. The Morgan fingerprint density at radius 3 is 2.47 bits per heavy atom. The average Bonchev–Trinajstić information content (AvgIpc) is 2.33. The molecule has 1 saturated heterocycles. The van der Waals surface area contributed by atoms with Crippen LogP contribution in [0.25, 0.3) is 0 Å². The van der Waals surface area contributed by atoms with Crippen molar-refractivity contribution in [2.45, 2.75) is 37.6 Å². The number of aliphatic carboxylic acids is 1. The molecule has 0 aliphatic carbocycles. The number of carboxylic acid groups (broad SMARTS) is 1. The molecule has 1 rings (SSSR count). The monoisotopic (exact) mass is 279 g/mol. The smallest absolute Gasteiger partial charge is 0.329 e. The van der Waals surface area contributed by atoms with Gasteiger partial charge in [-0.2, -0.15) is 0 Å². The van der Waals surface area contributed by atoms with E-state index in [1.165, 1.54) is 6.92 Å². The predicted molar refractivity (Wildman–Crippen MR) is 58.9 cm³/mol. The minimum atomic E-state index is -1.38. The first kappa shape index (κ1) is 15.8. The van der Waals surface area contributed by atoms with Gasteiger partial charge in [0.25, 0.3) is 0 Å². The summed E-state index contributed by atoms with van der Waals surface area (Å²) in [5.74, 6) is -1.81. The molecular weight excluding hydrogens is 262 g/mol. The highest BCUT2D eigenvalue weighted by Gasteiger charge is 2.43. The molecule has 0 saturated carbocycles. The quantitative estimate of drug-likeness (QED) is 0.398. The molecule has 1 aliphatic heterocycles. The molecule has 9 heteroatoms. The van der Waals surface area contributed by atoms with E-state index in [0.29, 0.717) is 0 Å². The molecule has 1 aliphatic rings. The van der Waals surface area contributed by atoms with Gasteiger partial charge in [-0.25, -0.2) is 4.79 Å². The summed E-state index contributed by atoms with van der Waals surface area (Å²) in [5, 5.41) is 27.9. The maximum atomic E-state index is 10.7. The number of esters is 1. The Balaban J connectivity index is 2.62. The van der Waals surface area contributed by atoms with Crippen LogP contribution in [-0.4, -0.2) is 71.1 Å². The summed E-state index contributed by atoms with van der Waals surface area (Å²) in [6.07, 6.45) is -5.00. The van der Waals surface area contributed by atoms with Gasteiger partial charge < -0.3 is 35.3 Å². The lowest BCUT2D eigenvalue weighted by Gasteiger charge is -2.40. The number of hydrogen-bond donors (Lipinski definition) is 4. The fourth-order valence-electron chi connectivity index (χ4n) is 1.59. The van der Waals surface area contributed by atoms with Gasteiger partial charge in [0.05, 0.1) is 6.04 Å². The molecule has 1 fully saturated rings. The first-order chi connectivity index (χ1) is 8.82. The van der Waals surface area contributed by atoms with E-state index < -0.39 is 49.2 Å². The van der Waals surface area contributed by atoms with Gasteiger partial charge in [0, 0.05) is 6.92 Å². The van der Waals surface area contributed by atoms with E-state index in [1.807, 2.05) is 0 Å². The van der Waals surface area contributed by atoms with Crippen molar-refractivity contribution in [3.63, 3.8) is 0 Å². The second-order valence-electron chi connectivity index (χ2n) is 4.11. The Morgan fingerprint density at radius 1 is 1.32 bits per heavy atom.